The van der Waals surface area contributed by atoms with Crippen LogP contribution in [-0.2, 0) is 28.7 Å². The minimum absolute atomic E-state index is 0.128. The third kappa shape index (κ3) is 4.59. The molecule has 2 amide bonds. The van der Waals surface area contributed by atoms with Gasteiger partial charge in [0.15, 0.2) is 5.60 Å². The molecule has 8 heteroatoms. The first kappa shape index (κ1) is 27.8. The molecular formula is C31H38NO6P. The van der Waals surface area contributed by atoms with Gasteiger partial charge in [-0.05, 0) is 44.4 Å². The maximum absolute atomic E-state index is 14.7. The zero-order valence-corrected chi connectivity index (χ0v) is 24.0. The Morgan fingerprint density at radius 3 is 1.92 bits per heavy atom. The normalized spacial score (nSPS) is 27.7. The number of carbonyl (C=O) groups excluding carboxylic acids is 2. The molecule has 39 heavy (non-hydrogen) atoms. The van der Waals surface area contributed by atoms with Crippen molar-refractivity contribution in [1.82, 2.24) is 4.90 Å². The summed E-state index contributed by atoms with van der Waals surface area (Å²) in [5.74, 6) is -1.51. The Hall–Kier alpha value is -2.73. The van der Waals surface area contributed by atoms with Crippen molar-refractivity contribution < 1.29 is 27.9 Å². The van der Waals surface area contributed by atoms with E-state index in [2.05, 4.69) is 0 Å². The van der Waals surface area contributed by atoms with Gasteiger partial charge in [0.2, 0.25) is 5.91 Å². The molecule has 5 atom stereocenters. The summed E-state index contributed by atoms with van der Waals surface area (Å²) in [6.07, 6.45) is 4.99. The van der Waals surface area contributed by atoms with Gasteiger partial charge in [0.25, 0.3) is 0 Å². The zero-order valence-electron chi connectivity index (χ0n) is 23.1. The molecule has 0 radical (unpaired) electrons. The molecule has 2 fully saturated rings. The third-order valence-electron chi connectivity index (χ3n) is 8.39. The predicted molar refractivity (Wildman–Crippen MR) is 149 cm³/mol. The second-order valence-corrected chi connectivity index (χ2v) is 13.1. The minimum Gasteiger partial charge on any atom is -0.430 e. The van der Waals surface area contributed by atoms with E-state index in [1.54, 1.807) is 13.8 Å². The molecule has 0 aromatic heterocycles. The topological polar surface area (TPSA) is 82.1 Å². The number of imide groups is 1. The van der Waals surface area contributed by atoms with Gasteiger partial charge >= 0.3 is 13.7 Å². The summed E-state index contributed by atoms with van der Waals surface area (Å²) in [5.41, 5.74) is -0.243. The molecule has 0 spiro atoms. The highest BCUT2D eigenvalue weighted by atomic mass is 31.2. The number of fused-ring (bicyclic) bond motifs is 2. The van der Waals surface area contributed by atoms with E-state index in [-0.39, 0.29) is 36.9 Å². The second kappa shape index (κ2) is 11.0. The maximum Gasteiger partial charge on any atom is 0.418 e. The molecule has 3 aliphatic carbocycles. The van der Waals surface area contributed by atoms with E-state index in [0.717, 1.165) is 24.0 Å². The summed E-state index contributed by atoms with van der Waals surface area (Å²) >= 11 is 0. The van der Waals surface area contributed by atoms with E-state index in [4.69, 9.17) is 13.8 Å². The fourth-order valence-electron chi connectivity index (χ4n) is 6.99. The average molecular weight is 552 g/mol. The van der Waals surface area contributed by atoms with Crippen molar-refractivity contribution in [3.63, 3.8) is 0 Å². The SMILES string of the molecule is CCOP(=O)(OCC)[C@@H]1[C@@H](C(=O)N2C(=O)OC(c3ccccc3)(c3ccccc3)C2C(C)C)[C@H]2C=C[C@@H]1CC2. The Bertz CT molecular complexity index is 1210. The maximum atomic E-state index is 14.7. The molecule has 2 aromatic carbocycles. The van der Waals surface area contributed by atoms with Gasteiger partial charge in [-0.2, -0.15) is 0 Å². The van der Waals surface area contributed by atoms with Gasteiger partial charge in [-0.15, -0.1) is 0 Å². The number of ether oxygens (including phenoxy) is 1. The zero-order chi connectivity index (χ0) is 27.8. The van der Waals surface area contributed by atoms with E-state index < -0.39 is 36.9 Å². The molecular weight excluding hydrogens is 513 g/mol. The number of hydrogen-bond acceptors (Lipinski definition) is 6. The van der Waals surface area contributed by atoms with Crippen LogP contribution in [0.15, 0.2) is 72.8 Å². The molecule has 2 aromatic rings. The van der Waals surface area contributed by atoms with Crippen molar-refractivity contribution >= 4 is 19.6 Å². The molecule has 2 bridgehead atoms. The Kier molecular flexibility index (Phi) is 7.87. The number of carbonyl (C=O) groups is 2. The quantitative estimate of drug-likeness (QED) is 0.252. The highest BCUT2D eigenvalue weighted by molar-refractivity contribution is 7.54. The number of nitrogens with zero attached hydrogens (tertiary/aromatic N) is 1. The van der Waals surface area contributed by atoms with Crippen molar-refractivity contribution in [2.75, 3.05) is 13.2 Å². The van der Waals surface area contributed by atoms with E-state index >= 15 is 0 Å². The van der Waals surface area contributed by atoms with Gasteiger partial charge in [0.05, 0.1) is 30.8 Å². The fourth-order valence-corrected chi connectivity index (χ4v) is 9.59. The van der Waals surface area contributed by atoms with Crippen molar-refractivity contribution in [1.29, 1.82) is 0 Å². The van der Waals surface area contributed by atoms with E-state index in [9.17, 15) is 14.2 Å². The Balaban J connectivity index is 1.64. The van der Waals surface area contributed by atoms with Crippen LogP contribution in [-0.4, -0.2) is 41.8 Å². The largest absolute Gasteiger partial charge is 0.430 e. The number of benzene rings is 2. The Morgan fingerprint density at radius 2 is 1.46 bits per heavy atom. The van der Waals surface area contributed by atoms with Crippen LogP contribution >= 0.6 is 7.60 Å². The lowest BCUT2D eigenvalue weighted by Crippen LogP contribution is -2.56. The number of allylic oxidation sites excluding steroid dienone is 2. The fraction of sp³-hybridized carbons (Fsp3) is 0.484. The third-order valence-corrected chi connectivity index (χ3v) is 11.1. The van der Waals surface area contributed by atoms with Crippen LogP contribution in [0.4, 0.5) is 4.79 Å². The first-order chi connectivity index (χ1) is 18.8. The molecule has 1 heterocycles. The molecule has 1 saturated carbocycles. The van der Waals surface area contributed by atoms with Crippen LogP contribution in [0.2, 0.25) is 0 Å². The summed E-state index contributed by atoms with van der Waals surface area (Å²) in [5, 5.41) is 0. The minimum atomic E-state index is -3.65. The van der Waals surface area contributed by atoms with Crippen molar-refractivity contribution in [3.05, 3.63) is 83.9 Å². The van der Waals surface area contributed by atoms with Crippen molar-refractivity contribution in [2.45, 2.75) is 57.8 Å². The van der Waals surface area contributed by atoms with Gasteiger partial charge in [-0.1, -0.05) is 86.7 Å². The van der Waals surface area contributed by atoms with Crippen molar-refractivity contribution in [3.8, 4) is 0 Å². The van der Waals surface area contributed by atoms with E-state index in [1.807, 2.05) is 86.7 Å². The number of amides is 2. The lowest BCUT2D eigenvalue weighted by atomic mass is 9.67. The summed E-state index contributed by atoms with van der Waals surface area (Å²) in [6.45, 7) is 7.98. The van der Waals surface area contributed by atoms with Crippen LogP contribution < -0.4 is 0 Å². The number of cyclic esters (lactones) is 1. The predicted octanol–water partition coefficient (Wildman–Crippen LogP) is 6.78. The first-order valence-corrected chi connectivity index (χ1v) is 15.6. The lowest BCUT2D eigenvalue weighted by molar-refractivity contribution is -0.137. The molecule has 1 aliphatic heterocycles. The van der Waals surface area contributed by atoms with Gasteiger partial charge in [0.1, 0.15) is 0 Å². The highest BCUT2D eigenvalue weighted by Gasteiger charge is 2.63. The van der Waals surface area contributed by atoms with Crippen LogP contribution in [0.1, 0.15) is 51.7 Å². The molecule has 208 valence electrons. The summed E-state index contributed by atoms with van der Waals surface area (Å²) in [7, 11) is -3.65. The van der Waals surface area contributed by atoms with Gasteiger partial charge in [0, 0.05) is 11.1 Å². The molecule has 6 rings (SSSR count). The summed E-state index contributed by atoms with van der Waals surface area (Å²) < 4.78 is 32.1. The standard InChI is InChI=1S/C31H38NO6P/c1-5-36-39(35,37-6-2)27-23-19-17-22(18-20-23)26(27)29(33)32-28(21(3)4)31(38-30(32)34,24-13-9-7-10-14-24)25-15-11-8-12-16-25/h7-17,19,21-23,26-28H,5-6,18,20H2,1-4H3/t22-,23+,26-,27-,28?/m0/s1. The van der Waals surface area contributed by atoms with Crippen LogP contribution in [0.25, 0.3) is 0 Å². The van der Waals surface area contributed by atoms with Gasteiger partial charge in [-0.25, -0.2) is 9.69 Å². The monoisotopic (exact) mass is 551 g/mol. The average Bonchev–Trinajstić information content (AvgIpc) is 3.28. The molecule has 4 aliphatic rings. The molecule has 1 unspecified atom stereocenters. The van der Waals surface area contributed by atoms with Crippen LogP contribution in [0.3, 0.4) is 0 Å². The second-order valence-electron chi connectivity index (χ2n) is 10.9. The lowest BCUT2D eigenvalue weighted by Gasteiger charge is -2.47. The van der Waals surface area contributed by atoms with Gasteiger partial charge < -0.3 is 13.8 Å². The summed E-state index contributed by atoms with van der Waals surface area (Å²) in [6, 6.07) is 18.6. The molecule has 7 nitrogen and oxygen atoms in total. The van der Waals surface area contributed by atoms with Gasteiger partial charge in [-0.3, -0.25) is 9.36 Å². The Labute approximate surface area is 231 Å². The number of rotatable bonds is 9. The molecule has 0 N–H and O–H groups in total. The van der Waals surface area contributed by atoms with E-state index in [0.29, 0.717) is 0 Å². The molecule has 1 saturated heterocycles. The smallest absolute Gasteiger partial charge is 0.418 e. The summed E-state index contributed by atoms with van der Waals surface area (Å²) in [4.78, 5) is 29.9. The van der Waals surface area contributed by atoms with Crippen LogP contribution in [0.5, 0.6) is 0 Å². The highest BCUT2D eigenvalue weighted by Crippen LogP contribution is 2.64. The first-order valence-electron chi connectivity index (χ1n) is 14.0. The Morgan fingerprint density at radius 1 is 0.949 bits per heavy atom. The van der Waals surface area contributed by atoms with Crippen molar-refractivity contribution in [2.24, 2.45) is 23.7 Å². The number of hydrogen-bond donors (Lipinski definition) is 0. The van der Waals surface area contributed by atoms with Crippen LogP contribution in [0, 0.1) is 23.7 Å². The van der Waals surface area contributed by atoms with E-state index in [1.165, 1.54) is 4.90 Å².